The van der Waals surface area contributed by atoms with Crippen molar-refractivity contribution in [2.45, 2.75) is 25.9 Å². The van der Waals surface area contributed by atoms with E-state index in [4.69, 9.17) is 14.6 Å². The smallest absolute Gasteiger partial charge is 0.333 e. The van der Waals surface area contributed by atoms with Gasteiger partial charge in [0.25, 0.3) is 0 Å². The van der Waals surface area contributed by atoms with Crippen LogP contribution in [0.2, 0.25) is 0 Å². The van der Waals surface area contributed by atoms with Gasteiger partial charge in [-0.25, -0.2) is 4.79 Å². The van der Waals surface area contributed by atoms with Gasteiger partial charge >= 0.3 is 5.97 Å². The Kier molecular flexibility index (Phi) is 5.42. The first-order chi connectivity index (χ1) is 6.39. The zero-order chi connectivity index (χ0) is 11.2. The highest BCUT2D eigenvalue weighted by molar-refractivity contribution is 5.85. The molecule has 0 aromatic heterocycles. The summed E-state index contributed by atoms with van der Waals surface area (Å²) in [5, 5.41) is 8.48. The van der Waals surface area contributed by atoms with E-state index in [0.717, 1.165) is 6.42 Å². The van der Waals surface area contributed by atoms with E-state index in [2.05, 4.69) is 6.58 Å². The fraction of sp³-hybridized carbons (Fsp3) is 0.700. The van der Waals surface area contributed by atoms with Crippen LogP contribution in [0, 0.1) is 0 Å². The molecule has 0 aliphatic carbocycles. The average molecular weight is 202 g/mol. The average Bonchev–Trinajstić information content (AvgIpc) is 2.12. The Bertz CT molecular complexity index is 208. The number of methoxy groups -OCH3 is 1. The molecule has 0 saturated heterocycles. The standard InChI is InChI=1S/C10H18O4/c1-8(9(11)12)7-14-6-5-10(2,3)13-4/h1,5-7H2,2-4H3,(H,11,12). The summed E-state index contributed by atoms with van der Waals surface area (Å²) in [5.74, 6) is -1.02. The van der Waals surface area contributed by atoms with Crippen molar-refractivity contribution in [1.29, 1.82) is 0 Å². The Morgan fingerprint density at radius 3 is 2.50 bits per heavy atom. The first kappa shape index (κ1) is 13.1. The number of carboxylic acid groups (broad SMARTS) is 1. The molecule has 0 atom stereocenters. The van der Waals surface area contributed by atoms with Gasteiger partial charge in [0.05, 0.1) is 17.8 Å². The molecule has 0 spiro atoms. The van der Waals surface area contributed by atoms with E-state index >= 15 is 0 Å². The highest BCUT2D eigenvalue weighted by Crippen LogP contribution is 2.12. The Morgan fingerprint density at radius 2 is 2.07 bits per heavy atom. The highest BCUT2D eigenvalue weighted by atomic mass is 16.5. The summed E-state index contributed by atoms with van der Waals surface area (Å²) in [4.78, 5) is 10.3. The maximum Gasteiger partial charge on any atom is 0.333 e. The van der Waals surface area contributed by atoms with Crippen molar-refractivity contribution in [1.82, 2.24) is 0 Å². The van der Waals surface area contributed by atoms with Gasteiger partial charge in [0.1, 0.15) is 0 Å². The van der Waals surface area contributed by atoms with Crippen molar-refractivity contribution < 1.29 is 19.4 Å². The van der Waals surface area contributed by atoms with Crippen LogP contribution in [0.3, 0.4) is 0 Å². The maximum absolute atomic E-state index is 10.3. The van der Waals surface area contributed by atoms with Gasteiger partial charge < -0.3 is 14.6 Å². The number of hydrogen-bond acceptors (Lipinski definition) is 3. The summed E-state index contributed by atoms with van der Waals surface area (Å²) in [6.07, 6.45) is 0.719. The van der Waals surface area contributed by atoms with Gasteiger partial charge in [-0.05, 0) is 20.3 Å². The van der Waals surface area contributed by atoms with Gasteiger partial charge in [-0.3, -0.25) is 0 Å². The molecule has 4 heteroatoms. The fourth-order valence-electron chi connectivity index (χ4n) is 0.677. The van der Waals surface area contributed by atoms with E-state index < -0.39 is 5.97 Å². The quantitative estimate of drug-likeness (QED) is 0.501. The third-order valence-corrected chi connectivity index (χ3v) is 1.98. The second-order valence-corrected chi connectivity index (χ2v) is 3.68. The number of ether oxygens (including phenoxy) is 2. The van der Waals surface area contributed by atoms with Crippen LogP contribution >= 0.6 is 0 Å². The summed E-state index contributed by atoms with van der Waals surface area (Å²) in [6, 6.07) is 0. The highest BCUT2D eigenvalue weighted by Gasteiger charge is 2.15. The molecule has 0 aliphatic rings. The van der Waals surface area contributed by atoms with Crippen LogP contribution in [0.15, 0.2) is 12.2 Å². The van der Waals surface area contributed by atoms with Crippen LogP contribution < -0.4 is 0 Å². The van der Waals surface area contributed by atoms with Gasteiger partial charge in [0, 0.05) is 13.7 Å². The number of rotatable bonds is 7. The molecule has 0 radical (unpaired) electrons. The SMILES string of the molecule is C=C(COCCC(C)(C)OC)C(=O)O. The topological polar surface area (TPSA) is 55.8 Å². The molecule has 0 aliphatic heterocycles. The lowest BCUT2D eigenvalue weighted by atomic mass is 10.1. The van der Waals surface area contributed by atoms with Crippen molar-refractivity contribution in [3.05, 3.63) is 12.2 Å². The van der Waals surface area contributed by atoms with Crippen molar-refractivity contribution in [2.75, 3.05) is 20.3 Å². The van der Waals surface area contributed by atoms with E-state index in [1.807, 2.05) is 13.8 Å². The Labute approximate surface area is 84.5 Å². The van der Waals surface area contributed by atoms with Gasteiger partial charge in [0.15, 0.2) is 0 Å². The van der Waals surface area contributed by atoms with E-state index in [0.29, 0.717) is 6.61 Å². The van der Waals surface area contributed by atoms with Gasteiger partial charge in [0.2, 0.25) is 0 Å². The second-order valence-electron chi connectivity index (χ2n) is 3.68. The normalized spacial score (nSPS) is 11.4. The third-order valence-electron chi connectivity index (χ3n) is 1.98. The lowest BCUT2D eigenvalue weighted by Crippen LogP contribution is -2.24. The zero-order valence-corrected chi connectivity index (χ0v) is 9.00. The van der Waals surface area contributed by atoms with Crippen molar-refractivity contribution >= 4 is 5.97 Å². The van der Waals surface area contributed by atoms with Gasteiger partial charge in [-0.15, -0.1) is 0 Å². The van der Waals surface area contributed by atoms with E-state index in [1.165, 1.54) is 0 Å². The van der Waals surface area contributed by atoms with Crippen LogP contribution in [0.5, 0.6) is 0 Å². The lowest BCUT2D eigenvalue weighted by molar-refractivity contribution is -0.133. The first-order valence-corrected chi connectivity index (χ1v) is 4.43. The molecule has 0 unspecified atom stereocenters. The van der Waals surface area contributed by atoms with Crippen molar-refractivity contribution in [2.24, 2.45) is 0 Å². The van der Waals surface area contributed by atoms with E-state index in [1.54, 1.807) is 7.11 Å². The monoisotopic (exact) mass is 202 g/mol. The Hall–Kier alpha value is -0.870. The molecule has 14 heavy (non-hydrogen) atoms. The van der Waals surface area contributed by atoms with Crippen LogP contribution in [-0.4, -0.2) is 37.0 Å². The van der Waals surface area contributed by atoms with Crippen LogP contribution in [0.1, 0.15) is 20.3 Å². The molecule has 0 aromatic rings. The second kappa shape index (κ2) is 5.78. The largest absolute Gasteiger partial charge is 0.478 e. The molecule has 0 aromatic carbocycles. The molecule has 0 amide bonds. The third kappa shape index (κ3) is 5.72. The summed E-state index contributed by atoms with van der Waals surface area (Å²) >= 11 is 0. The Balaban J connectivity index is 3.57. The van der Waals surface area contributed by atoms with E-state index in [-0.39, 0.29) is 17.8 Å². The van der Waals surface area contributed by atoms with Crippen molar-refractivity contribution in [3.63, 3.8) is 0 Å². The summed E-state index contributed by atoms with van der Waals surface area (Å²) in [7, 11) is 1.64. The number of aliphatic carboxylic acids is 1. The molecule has 0 heterocycles. The van der Waals surface area contributed by atoms with Gasteiger partial charge in [-0.1, -0.05) is 6.58 Å². The van der Waals surface area contributed by atoms with Crippen LogP contribution in [-0.2, 0) is 14.3 Å². The minimum absolute atomic E-state index is 0.0646. The van der Waals surface area contributed by atoms with E-state index in [9.17, 15) is 4.79 Å². The molecule has 0 saturated carbocycles. The maximum atomic E-state index is 10.3. The molecular formula is C10H18O4. The minimum Gasteiger partial charge on any atom is -0.478 e. The number of carbonyl (C=O) groups is 1. The first-order valence-electron chi connectivity index (χ1n) is 4.43. The van der Waals surface area contributed by atoms with Crippen LogP contribution in [0.4, 0.5) is 0 Å². The summed E-state index contributed by atoms with van der Waals surface area (Å²) in [6.45, 7) is 7.78. The number of hydrogen-bond donors (Lipinski definition) is 1. The number of carboxylic acids is 1. The minimum atomic E-state index is -1.02. The molecular weight excluding hydrogens is 184 g/mol. The molecule has 82 valence electrons. The Morgan fingerprint density at radius 1 is 1.50 bits per heavy atom. The van der Waals surface area contributed by atoms with Crippen molar-refractivity contribution in [3.8, 4) is 0 Å². The predicted octanol–water partition coefficient (Wildman–Crippen LogP) is 1.46. The lowest BCUT2D eigenvalue weighted by Gasteiger charge is -2.22. The molecule has 0 bridgehead atoms. The molecule has 1 N–H and O–H groups in total. The molecule has 4 nitrogen and oxygen atoms in total. The summed E-state index contributed by atoms with van der Waals surface area (Å²) in [5.41, 5.74) is -0.162. The fourth-order valence-corrected chi connectivity index (χ4v) is 0.677. The predicted molar refractivity (Wildman–Crippen MR) is 53.3 cm³/mol. The van der Waals surface area contributed by atoms with Gasteiger partial charge in [-0.2, -0.15) is 0 Å². The zero-order valence-electron chi connectivity index (χ0n) is 9.00. The molecule has 0 rings (SSSR count). The molecule has 0 fully saturated rings. The van der Waals surface area contributed by atoms with Crippen LogP contribution in [0.25, 0.3) is 0 Å². The summed E-state index contributed by atoms with van der Waals surface area (Å²) < 4.78 is 10.3.